The lowest BCUT2D eigenvalue weighted by molar-refractivity contribution is 0.556. The van der Waals surface area contributed by atoms with Crippen LogP contribution in [0.5, 0.6) is 0 Å². The minimum Gasteiger partial charge on any atom is -0.383 e. The quantitative estimate of drug-likeness (QED) is 0.872. The van der Waals surface area contributed by atoms with Crippen LogP contribution < -0.4 is 5.73 Å². The lowest BCUT2D eigenvalue weighted by atomic mass is 9.92. The summed E-state index contributed by atoms with van der Waals surface area (Å²) in [6, 6.07) is 3.37. The molecule has 96 valence electrons. The second kappa shape index (κ2) is 4.51. The van der Waals surface area contributed by atoms with Crippen LogP contribution in [0.1, 0.15) is 26.5 Å². The number of nitrogens with zero attached hydrogens (tertiary/aromatic N) is 4. The van der Waals surface area contributed by atoms with Crippen molar-refractivity contribution in [2.75, 3.05) is 5.73 Å². The van der Waals surface area contributed by atoms with Gasteiger partial charge in [0.1, 0.15) is 5.82 Å². The van der Waals surface area contributed by atoms with Crippen molar-refractivity contribution < 1.29 is 0 Å². The lowest BCUT2D eigenvalue weighted by Crippen LogP contribution is -2.13. The zero-order chi connectivity index (χ0) is 13.5. The SMILES string of the molecule is CC(C)(C)c1nn(-c2ccc(Cl)nn2)c(N)c1Br. The Bertz CT molecular complexity index is 570. The number of halogens is 2. The normalized spacial score (nSPS) is 11.8. The molecule has 2 heterocycles. The summed E-state index contributed by atoms with van der Waals surface area (Å²) in [5.74, 6) is 1.03. The maximum Gasteiger partial charge on any atom is 0.178 e. The molecule has 0 aromatic carbocycles. The van der Waals surface area contributed by atoms with Gasteiger partial charge in [-0.25, -0.2) is 0 Å². The highest BCUT2D eigenvalue weighted by Gasteiger charge is 2.25. The third kappa shape index (κ3) is 2.35. The summed E-state index contributed by atoms with van der Waals surface area (Å²) in [7, 11) is 0. The topological polar surface area (TPSA) is 69.6 Å². The predicted octanol–water partition coefficient (Wildman–Crippen LogP) is 2.96. The van der Waals surface area contributed by atoms with Crippen LogP contribution in [-0.2, 0) is 5.41 Å². The Hall–Kier alpha value is -1.14. The van der Waals surface area contributed by atoms with Crippen molar-refractivity contribution in [1.82, 2.24) is 20.0 Å². The Morgan fingerprint density at radius 2 is 1.94 bits per heavy atom. The van der Waals surface area contributed by atoms with Gasteiger partial charge in [0.25, 0.3) is 0 Å². The van der Waals surface area contributed by atoms with E-state index >= 15 is 0 Å². The van der Waals surface area contributed by atoms with Crippen LogP contribution in [0.3, 0.4) is 0 Å². The number of anilines is 1. The van der Waals surface area contributed by atoms with Crippen molar-refractivity contribution in [3.63, 3.8) is 0 Å². The van der Waals surface area contributed by atoms with Gasteiger partial charge >= 0.3 is 0 Å². The molecule has 0 fully saturated rings. The first-order chi connectivity index (χ1) is 8.30. The molecule has 0 radical (unpaired) electrons. The summed E-state index contributed by atoms with van der Waals surface area (Å²) < 4.78 is 2.33. The van der Waals surface area contributed by atoms with Crippen molar-refractivity contribution >= 4 is 33.3 Å². The van der Waals surface area contributed by atoms with Crippen molar-refractivity contribution in [2.24, 2.45) is 0 Å². The molecule has 5 nitrogen and oxygen atoms in total. The molecule has 2 N–H and O–H groups in total. The van der Waals surface area contributed by atoms with Crippen molar-refractivity contribution in [3.8, 4) is 5.82 Å². The van der Waals surface area contributed by atoms with Crippen molar-refractivity contribution in [3.05, 3.63) is 27.5 Å². The van der Waals surface area contributed by atoms with Gasteiger partial charge in [-0.2, -0.15) is 9.78 Å². The van der Waals surface area contributed by atoms with E-state index in [0.717, 1.165) is 10.2 Å². The highest BCUT2D eigenvalue weighted by atomic mass is 79.9. The third-order valence-corrected chi connectivity index (χ3v) is 3.39. The fourth-order valence-corrected chi connectivity index (χ4v) is 2.43. The molecule has 0 aliphatic heterocycles. The fourth-order valence-electron chi connectivity index (χ4n) is 1.49. The zero-order valence-electron chi connectivity index (χ0n) is 10.3. The van der Waals surface area contributed by atoms with E-state index in [4.69, 9.17) is 17.3 Å². The van der Waals surface area contributed by atoms with E-state index in [0.29, 0.717) is 16.8 Å². The molecule has 0 amide bonds. The van der Waals surface area contributed by atoms with Crippen LogP contribution in [0.25, 0.3) is 5.82 Å². The van der Waals surface area contributed by atoms with Gasteiger partial charge in [-0.3, -0.25) is 0 Å². The Morgan fingerprint density at radius 3 is 2.39 bits per heavy atom. The number of hydrogen-bond acceptors (Lipinski definition) is 4. The van der Waals surface area contributed by atoms with Gasteiger partial charge in [0.2, 0.25) is 0 Å². The van der Waals surface area contributed by atoms with E-state index in [2.05, 4.69) is 52.0 Å². The fraction of sp³-hybridized carbons (Fsp3) is 0.364. The average Bonchev–Trinajstić information content (AvgIpc) is 2.57. The Morgan fingerprint density at radius 1 is 1.28 bits per heavy atom. The van der Waals surface area contributed by atoms with E-state index in [9.17, 15) is 0 Å². The Balaban J connectivity index is 2.56. The average molecular weight is 331 g/mol. The van der Waals surface area contributed by atoms with Crippen LogP contribution in [-0.4, -0.2) is 20.0 Å². The second-order valence-electron chi connectivity index (χ2n) is 4.92. The van der Waals surface area contributed by atoms with Gasteiger partial charge in [-0.15, -0.1) is 10.2 Å². The number of hydrogen-bond donors (Lipinski definition) is 1. The highest BCUT2D eigenvalue weighted by Crippen LogP contribution is 2.33. The number of nitrogens with two attached hydrogens (primary N) is 1. The first-order valence-electron chi connectivity index (χ1n) is 5.35. The summed E-state index contributed by atoms with van der Waals surface area (Å²) in [5, 5.41) is 12.6. The molecule has 0 saturated carbocycles. The molecule has 0 aliphatic rings. The monoisotopic (exact) mass is 329 g/mol. The summed E-state index contributed by atoms with van der Waals surface area (Å²) in [6.07, 6.45) is 0. The van der Waals surface area contributed by atoms with Crippen LogP contribution in [0.4, 0.5) is 5.82 Å². The van der Waals surface area contributed by atoms with E-state index < -0.39 is 0 Å². The van der Waals surface area contributed by atoms with E-state index in [1.54, 1.807) is 16.8 Å². The number of rotatable bonds is 1. The van der Waals surface area contributed by atoms with E-state index in [-0.39, 0.29) is 5.41 Å². The molecule has 18 heavy (non-hydrogen) atoms. The molecule has 0 bridgehead atoms. The molecule has 7 heteroatoms. The maximum absolute atomic E-state index is 6.02. The molecule has 2 aromatic rings. The van der Waals surface area contributed by atoms with Crippen LogP contribution in [0, 0.1) is 0 Å². The molecule has 0 aliphatic carbocycles. The maximum atomic E-state index is 6.02. The molecule has 0 saturated heterocycles. The lowest BCUT2D eigenvalue weighted by Gasteiger charge is -2.15. The molecule has 2 rings (SSSR count). The molecular formula is C11H13BrClN5. The van der Waals surface area contributed by atoms with Crippen molar-refractivity contribution in [1.29, 1.82) is 0 Å². The highest BCUT2D eigenvalue weighted by molar-refractivity contribution is 9.10. The Kier molecular flexibility index (Phi) is 3.33. The molecule has 0 atom stereocenters. The van der Waals surface area contributed by atoms with Crippen LogP contribution >= 0.6 is 27.5 Å². The van der Waals surface area contributed by atoms with Gasteiger partial charge in [0.05, 0.1) is 10.2 Å². The number of aromatic nitrogens is 4. The van der Waals surface area contributed by atoms with Gasteiger partial charge in [0.15, 0.2) is 11.0 Å². The molecular weight excluding hydrogens is 318 g/mol. The second-order valence-corrected chi connectivity index (χ2v) is 6.10. The third-order valence-electron chi connectivity index (χ3n) is 2.41. The van der Waals surface area contributed by atoms with Crippen LogP contribution in [0.15, 0.2) is 16.6 Å². The minimum atomic E-state index is -0.113. The van der Waals surface area contributed by atoms with Crippen LogP contribution in [0.2, 0.25) is 5.15 Å². The predicted molar refractivity (Wildman–Crippen MR) is 75.0 cm³/mol. The zero-order valence-corrected chi connectivity index (χ0v) is 12.6. The largest absolute Gasteiger partial charge is 0.383 e. The summed E-state index contributed by atoms with van der Waals surface area (Å²) in [5.41, 5.74) is 6.78. The van der Waals surface area contributed by atoms with E-state index in [1.165, 1.54) is 0 Å². The number of nitrogen functional groups attached to an aromatic ring is 1. The van der Waals surface area contributed by atoms with Gasteiger partial charge < -0.3 is 5.73 Å². The standard InChI is InChI=1S/C11H13BrClN5/c1-11(2,3)9-8(12)10(14)18(17-9)7-5-4-6(13)15-16-7/h4-5H,14H2,1-3H3. The summed E-state index contributed by atoms with van der Waals surface area (Å²) >= 11 is 9.17. The van der Waals surface area contributed by atoms with E-state index in [1.807, 2.05) is 0 Å². The molecule has 2 aromatic heterocycles. The first-order valence-corrected chi connectivity index (χ1v) is 6.52. The first kappa shape index (κ1) is 13.3. The molecule has 0 unspecified atom stereocenters. The molecule has 0 spiro atoms. The van der Waals surface area contributed by atoms with Crippen molar-refractivity contribution in [2.45, 2.75) is 26.2 Å². The minimum absolute atomic E-state index is 0.113. The van der Waals surface area contributed by atoms with Gasteiger partial charge in [-0.05, 0) is 28.1 Å². The summed E-state index contributed by atoms with van der Waals surface area (Å²) in [4.78, 5) is 0. The summed E-state index contributed by atoms with van der Waals surface area (Å²) in [6.45, 7) is 6.20. The van der Waals surface area contributed by atoms with Gasteiger partial charge in [0, 0.05) is 5.41 Å². The van der Waals surface area contributed by atoms with Gasteiger partial charge in [-0.1, -0.05) is 32.4 Å². The Labute approximate surface area is 118 Å². The smallest absolute Gasteiger partial charge is 0.178 e.